The molecule has 0 spiro atoms. The molecule has 0 N–H and O–H groups in total. The molecule has 2 amide bonds. The fourth-order valence-electron chi connectivity index (χ4n) is 1.33. The van der Waals surface area contributed by atoms with Crippen LogP contribution in [0.4, 0.5) is 0 Å². The van der Waals surface area contributed by atoms with E-state index < -0.39 is 30.1 Å². The fraction of sp³-hybridized carbons (Fsp3) is 0.636. The van der Waals surface area contributed by atoms with Gasteiger partial charge in [-0.3, -0.25) is 14.4 Å². The lowest BCUT2D eigenvalue weighted by atomic mass is 10.1. The second kappa shape index (κ2) is 5.07. The van der Waals surface area contributed by atoms with E-state index in [0.717, 1.165) is 0 Å². The minimum absolute atomic E-state index is 0.0320. The topological polar surface area (TPSA) is 80.8 Å². The lowest BCUT2D eigenvalue weighted by Gasteiger charge is -2.13. The van der Waals surface area contributed by atoms with Crippen molar-refractivity contribution in [3.8, 4) is 0 Å². The first kappa shape index (κ1) is 13.3. The number of Topliss-reactive ketones (excluding diaryl/α,β-unsaturated/α-hetero) is 1. The van der Waals surface area contributed by atoms with Gasteiger partial charge in [-0.2, -0.15) is 0 Å². The summed E-state index contributed by atoms with van der Waals surface area (Å²) in [6.45, 7) is 4.89. The summed E-state index contributed by atoms with van der Waals surface area (Å²) < 4.78 is 0. The van der Waals surface area contributed by atoms with E-state index in [9.17, 15) is 19.2 Å². The van der Waals surface area contributed by atoms with Crippen LogP contribution >= 0.6 is 0 Å². The molecule has 1 rings (SSSR count). The van der Waals surface area contributed by atoms with Gasteiger partial charge in [0.1, 0.15) is 12.2 Å². The summed E-state index contributed by atoms with van der Waals surface area (Å²) in [5.41, 5.74) is 0. The molecule has 0 saturated carbocycles. The molecule has 0 aliphatic carbocycles. The standard InChI is InChI=1S/C11H15NO5/c1-6(2)8(13)5-10(15)17-12-9(14)4-7(3)11(12)16/h6-7H,4-5H2,1-3H3. The largest absolute Gasteiger partial charge is 0.340 e. The Morgan fingerprint density at radius 1 is 1.41 bits per heavy atom. The van der Waals surface area contributed by atoms with E-state index in [1.54, 1.807) is 20.8 Å². The van der Waals surface area contributed by atoms with Crippen LogP contribution in [0.1, 0.15) is 33.6 Å². The van der Waals surface area contributed by atoms with Crippen molar-refractivity contribution < 1.29 is 24.0 Å². The predicted molar refractivity (Wildman–Crippen MR) is 56.2 cm³/mol. The van der Waals surface area contributed by atoms with Crippen LogP contribution in [-0.2, 0) is 24.0 Å². The molecule has 1 fully saturated rings. The number of nitrogens with zero attached hydrogens (tertiary/aromatic N) is 1. The quantitative estimate of drug-likeness (QED) is 0.527. The Morgan fingerprint density at radius 2 is 2.00 bits per heavy atom. The van der Waals surface area contributed by atoms with Gasteiger partial charge in [-0.05, 0) is 0 Å². The first-order chi connectivity index (χ1) is 7.82. The lowest BCUT2D eigenvalue weighted by molar-refractivity contribution is -0.198. The molecule has 1 saturated heterocycles. The molecule has 17 heavy (non-hydrogen) atoms. The summed E-state index contributed by atoms with van der Waals surface area (Å²) in [5, 5.41) is 0.459. The van der Waals surface area contributed by atoms with Crippen molar-refractivity contribution in [2.24, 2.45) is 11.8 Å². The molecular formula is C11H15NO5. The molecule has 0 aromatic rings. The summed E-state index contributed by atoms with van der Waals surface area (Å²) in [6.07, 6.45) is -0.395. The number of rotatable bonds is 4. The second-order valence-corrected chi connectivity index (χ2v) is 4.39. The summed E-state index contributed by atoms with van der Waals surface area (Å²) >= 11 is 0. The van der Waals surface area contributed by atoms with Gasteiger partial charge in [0.2, 0.25) is 0 Å². The molecule has 6 heteroatoms. The zero-order valence-corrected chi connectivity index (χ0v) is 10.1. The number of hydrogen-bond acceptors (Lipinski definition) is 5. The lowest BCUT2D eigenvalue weighted by Crippen LogP contribution is -2.34. The Morgan fingerprint density at radius 3 is 2.41 bits per heavy atom. The van der Waals surface area contributed by atoms with E-state index in [1.165, 1.54) is 0 Å². The smallest absolute Gasteiger partial charge is 0.330 e. The second-order valence-electron chi connectivity index (χ2n) is 4.39. The van der Waals surface area contributed by atoms with Crippen LogP contribution in [0.2, 0.25) is 0 Å². The molecule has 1 heterocycles. The normalized spacial score (nSPS) is 20.0. The van der Waals surface area contributed by atoms with Gasteiger partial charge < -0.3 is 4.84 Å². The highest BCUT2D eigenvalue weighted by Gasteiger charge is 2.39. The molecule has 1 atom stereocenters. The van der Waals surface area contributed by atoms with Crippen LogP contribution in [-0.4, -0.2) is 28.6 Å². The van der Waals surface area contributed by atoms with Crippen molar-refractivity contribution in [2.75, 3.05) is 0 Å². The third kappa shape index (κ3) is 3.12. The van der Waals surface area contributed by atoms with Crippen LogP contribution in [0.3, 0.4) is 0 Å². The Labute approximate surface area is 98.9 Å². The first-order valence-electron chi connectivity index (χ1n) is 5.43. The highest BCUT2D eigenvalue weighted by atomic mass is 16.7. The third-order valence-corrected chi connectivity index (χ3v) is 2.48. The van der Waals surface area contributed by atoms with Gasteiger partial charge in [-0.25, -0.2) is 4.79 Å². The highest BCUT2D eigenvalue weighted by Crippen LogP contribution is 2.19. The number of imide groups is 1. The van der Waals surface area contributed by atoms with Gasteiger partial charge >= 0.3 is 5.97 Å². The van der Waals surface area contributed by atoms with Crippen molar-refractivity contribution in [3.63, 3.8) is 0 Å². The molecule has 94 valence electrons. The van der Waals surface area contributed by atoms with Crippen molar-refractivity contribution in [1.82, 2.24) is 5.06 Å². The van der Waals surface area contributed by atoms with Gasteiger partial charge in [0.25, 0.3) is 11.8 Å². The molecule has 0 radical (unpaired) electrons. The van der Waals surface area contributed by atoms with E-state index in [1.807, 2.05) is 0 Å². The molecule has 0 aromatic heterocycles. The summed E-state index contributed by atoms with van der Waals surface area (Å²) in [6, 6.07) is 0. The van der Waals surface area contributed by atoms with Crippen LogP contribution in [0, 0.1) is 11.8 Å². The number of hydroxylamine groups is 2. The van der Waals surface area contributed by atoms with E-state index in [2.05, 4.69) is 4.84 Å². The van der Waals surface area contributed by atoms with Crippen molar-refractivity contribution in [1.29, 1.82) is 0 Å². The van der Waals surface area contributed by atoms with E-state index in [0.29, 0.717) is 5.06 Å². The van der Waals surface area contributed by atoms with Crippen molar-refractivity contribution >= 4 is 23.6 Å². The van der Waals surface area contributed by atoms with E-state index in [4.69, 9.17) is 0 Å². The van der Waals surface area contributed by atoms with Crippen molar-refractivity contribution in [2.45, 2.75) is 33.6 Å². The maximum atomic E-state index is 11.4. The van der Waals surface area contributed by atoms with Crippen LogP contribution in [0.15, 0.2) is 0 Å². The first-order valence-corrected chi connectivity index (χ1v) is 5.43. The molecule has 1 aliphatic rings. The van der Waals surface area contributed by atoms with Gasteiger partial charge in [-0.1, -0.05) is 20.8 Å². The summed E-state index contributed by atoms with van der Waals surface area (Å²) in [7, 11) is 0. The molecule has 6 nitrogen and oxygen atoms in total. The molecule has 0 bridgehead atoms. The number of hydrogen-bond donors (Lipinski definition) is 0. The maximum absolute atomic E-state index is 11.4. The zero-order valence-electron chi connectivity index (χ0n) is 10.1. The summed E-state index contributed by atoms with van der Waals surface area (Å²) in [5.74, 6) is -3.02. The fourth-order valence-corrected chi connectivity index (χ4v) is 1.33. The summed E-state index contributed by atoms with van der Waals surface area (Å²) in [4.78, 5) is 49.9. The Kier molecular flexibility index (Phi) is 3.98. The number of carbonyl (C=O) groups is 4. The maximum Gasteiger partial charge on any atom is 0.340 e. The Bertz CT molecular complexity index is 374. The Hall–Kier alpha value is -1.72. The van der Waals surface area contributed by atoms with Crippen LogP contribution < -0.4 is 0 Å². The predicted octanol–water partition coefficient (Wildman–Crippen LogP) is 0.455. The molecular weight excluding hydrogens is 226 g/mol. The molecule has 0 aromatic carbocycles. The minimum atomic E-state index is -0.875. The van der Waals surface area contributed by atoms with Crippen molar-refractivity contribution in [3.05, 3.63) is 0 Å². The average Bonchev–Trinajstić information content (AvgIpc) is 2.45. The molecule has 1 aliphatic heterocycles. The van der Waals surface area contributed by atoms with Gasteiger partial charge in [-0.15, -0.1) is 5.06 Å². The monoisotopic (exact) mass is 241 g/mol. The number of carbonyl (C=O) groups excluding carboxylic acids is 4. The Balaban J connectivity index is 2.55. The van der Waals surface area contributed by atoms with Crippen LogP contribution in [0.25, 0.3) is 0 Å². The van der Waals surface area contributed by atoms with Gasteiger partial charge in [0.05, 0.1) is 0 Å². The number of ketones is 1. The number of amides is 2. The SMILES string of the molecule is CC(C)C(=O)CC(=O)ON1C(=O)CC(C)C1=O. The van der Waals surface area contributed by atoms with E-state index >= 15 is 0 Å². The van der Waals surface area contributed by atoms with Gasteiger partial charge in [0.15, 0.2) is 0 Å². The zero-order chi connectivity index (χ0) is 13.2. The average molecular weight is 241 g/mol. The van der Waals surface area contributed by atoms with Gasteiger partial charge in [0, 0.05) is 18.3 Å². The molecule has 1 unspecified atom stereocenters. The van der Waals surface area contributed by atoms with E-state index in [-0.39, 0.29) is 18.1 Å². The third-order valence-electron chi connectivity index (χ3n) is 2.48. The van der Waals surface area contributed by atoms with Crippen LogP contribution in [0.5, 0.6) is 0 Å². The minimum Gasteiger partial charge on any atom is -0.330 e. The highest BCUT2D eigenvalue weighted by molar-refractivity contribution is 6.04.